The fourth-order valence-corrected chi connectivity index (χ4v) is 5.04. The lowest BCUT2D eigenvalue weighted by Gasteiger charge is -2.37. The molecule has 5 heteroatoms. The first-order valence-electron chi connectivity index (χ1n) is 8.28. The van der Waals surface area contributed by atoms with Gasteiger partial charge in [0.15, 0.2) is 0 Å². The van der Waals surface area contributed by atoms with Crippen LogP contribution in [0.25, 0.3) is 0 Å². The molecule has 0 saturated heterocycles. The summed E-state index contributed by atoms with van der Waals surface area (Å²) in [7, 11) is -1.64. The zero-order chi connectivity index (χ0) is 17.2. The molecule has 0 fully saturated rings. The Balaban J connectivity index is 2.12. The third-order valence-corrected chi connectivity index (χ3v) is 6.50. The summed E-state index contributed by atoms with van der Waals surface area (Å²) < 4.78 is 32.6. The molecule has 2 aromatic rings. The molecule has 0 N–H and O–H groups in total. The highest BCUT2D eigenvalue weighted by molar-refractivity contribution is 7.89. The Kier molecular flexibility index (Phi) is 4.92. The van der Waals surface area contributed by atoms with Crippen LogP contribution in [0.1, 0.15) is 36.1 Å². The van der Waals surface area contributed by atoms with Crippen molar-refractivity contribution in [1.82, 2.24) is 4.31 Å². The molecule has 0 spiro atoms. The highest BCUT2D eigenvalue weighted by Gasteiger charge is 2.35. The van der Waals surface area contributed by atoms with E-state index in [0.717, 1.165) is 22.4 Å². The molecule has 1 heterocycles. The molecule has 0 amide bonds. The van der Waals surface area contributed by atoms with Crippen LogP contribution in [0.5, 0.6) is 5.75 Å². The summed E-state index contributed by atoms with van der Waals surface area (Å²) in [6.07, 6.45) is 1.33. The van der Waals surface area contributed by atoms with Crippen molar-refractivity contribution in [3.05, 3.63) is 65.2 Å². The lowest BCUT2D eigenvalue weighted by atomic mass is 9.90. The minimum absolute atomic E-state index is 0.182. The summed E-state index contributed by atoms with van der Waals surface area (Å²) in [6.45, 7) is 2.40. The van der Waals surface area contributed by atoms with E-state index in [4.69, 9.17) is 4.74 Å². The molecule has 1 unspecified atom stereocenters. The van der Waals surface area contributed by atoms with Crippen LogP contribution in [0, 0.1) is 0 Å². The lowest BCUT2D eigenvalue weighted by molar-refractivity contribution is 0.342. The van der Waals surface area contributed by atoms with E-state index in [0.29, 0.717) is 19.4 Å². The summed E-state index contributed by atoms with van der Waals surface area (Å²) in [5.41, 5.74) is 3.21. The Labute approximate surface area is 144 Å². The monoisotopic (exact) mass is 345 g/mol. The van der Waals surface area contributed by atoms with Gasteiger partial charge in [-0.25, -0.2) is 8.42 Å². The minimum Gasteiger partial charge on any atom is -0.497 e. The van der Waals surface area contributed by atoms with Gasteiger partial charge in [-0.1, -0.05) is 43.3 Å². The Morgan fingerprint density at radius 1 is 1.17 bits per heavy atom. The van der Waals surface area contributed by atoms with Crippen molar-refractivity contribution in [3.63, 3.8) is 0 Å². The molecule has 3 rings (SSSR count). The Morgan fingerprint density at radius 2 is 1.92 bits per heavy atom. The van der Waals surface area contributed by atoms with Crippen LogP contribution < -0.4 is 4.74 Å². The third-order valence-electron chi connectivity index (χ3n) is 4.47. The average molecular weight is 345 g/mol. The van der Waals surface area contributed by atoms with Crippen molar-refractivity contribution in [2.75, 3.05) is 19.4 Å². The highest BCUT2D eigenvalue weighted by Crippen LogP contribution is 2.38. The standard InChI is InChI=1S/C19H23NO3S/c1-3-13-24(21,22)20-12-11-16-14-17(23-2)9-10-18(16)19(20)15-7-5-4-6-8-15/h4-10,14,19H,3,11-13H2,1-2H3. The van der Waals surface area contributed by atoms with Crippen LogP contribution in [0.15, 0.2) is 48.5 Å². The number of benzene rings is 2. The molecule has 1 aliphatic rings. The quantitative estimate of drug-likeness (QED) is 0.834. The lowest BCUT2D eigenvalue weighted by Crippen LogP contribution is -2.41. The summed E-state index contributed by atoms with van der Waals surface area (Å²) in [5, 5.41) is 0. The Hall–Kier alpha value is -1.85. The molecule has 128 valence electrons. The predicted octanol–water partition coefficient (Wildman–Crippen LogP) is 3.38. The SMILES string of the molecule is CCCS(=O)(=O)N1CCc2cc(OC)ccc2C1c1ccccc1. The molecule has 0 saturated carbocycles. The van der Waals surface area contributed by atoms with Gasteiger partial charge in [0, 0.05) is 6.54 Å². The van der Waals surface area contributed by atoms with Gasteiger partial charge in [-0.3, -0.25) is 0 Å². The number of rotatable bonds is 5. The fraction of sp³-hybridized carbons (Fsp3) is 0.368. The number of hydrogen-bond donors (Lipinski definition) is 0. The van der Waals surface area contributed by atoms with Crippen LogP contribution in [-0.2, 0) is 16.4 Å². The van der Waals surface area contributed by atoms with Crippen molar-refractivity contribution < 1.29 is 13.2 Å². The van der Waals surface area contributed by atoms with E-state index in [9.17, 15) is 8.42 Å². The first kappa shape index (κ1) is 17.0. The van der Waals surface area contributed by atoms with Gasteiger partial charge >= 0.3 is 0 Å². The van der Waals surface area contributed by atoms with Gasteiger partial charge in [-0.15, -0.1) is 0 Å². The number of sulfonamides is 1. The van der Waals surface area contributed by atoms with Crippen LogP contribution >= 0.6 is 0 Å². The van der Waals surface area contributed by atoms with Gasteiger partial charge in [0.1, 0.15) is 5.75 Å². The second kappa shape index (κ2) is 6.95. The molecule has 0 radical (unpaired) electrons. The fourth-order valence-electron chi connectivity index (χ4n) is 3.36. The van der Waals surface area contributed by atoms with E-state index in [-0.39, 0.29) is 11.8 Å². The summed E-state index contributed by atoms with van der Waals surface area (Å²) >= 11 is 0. The maximum absolute atomic E-state index is 12.8. The largest absolute Gasteiger partial charge is 0.497 e. The molecule has 2 aromatic carbocycles. The second-order valence-corrected chi connectivity index (χ2v) is 8.10. The molecule has 1 aliphatic heterocycles. The number of ether oxygens (including phenoxy) is 1. The van der Waals surface area contributed by atoms with Crippen LogP contribution in [-0.4, -0.2) is 32.1 Å². The van der Waals surface area contributed by atoms with E-state index in [2.05, 4.69) is 0 Å². The summed E-state index contributed by atoms with van der Waals surface area (Å²) in [5.74, 6) is 0.993. The molecule has 0 aromatic heterocycles. The maximum Gasteiger partial charge on any atom is 0.214 e. The summed E-state index contributed by atoms with van der Waals surface area (Å²) in [6, 6.07) is 15.5. The van der Waals surface area contributed by atoms with E-state index >= 15 is 0 Å². The highest BCUT2D eigenvalue weighted by atomic mass is 32.2. The number of methoxy groups -OCH3 is 1. The topological polar surface area (TPSA) is 46.6 Å². The van der Waals surface area contributed by atoms with Gasteiger partial charge in [0.2, 0.25) is 10.0 Å². The predicted molar refractivity (Wildman–Crippen MR) is 95.8 cm³/mol. The molecule has 24 heavy (non-hydrogen) atoms. The van der Waals surface area contributed by atoms with Gasteiger partial charge in [-0.05, 0) is 41.7 Å². The van der Waals surface area contributed by atoms with E-state index in [1.165, 1.54) is 0 Å². The second-order valence-electron chi connectivity index (χ2n) is 6.05. The molecule has 0 aliphatic carbocycles. The van der Waals surface area contributed by atoms with E-state index < -0.39 is 10.0 Å². The number of fused-ring (bicyclic) bond motifs is 1. The van der Waals surface area contributed by atoms with E-state index in [1.807, 2.05) is 55.5 Å². The molecular formula is C19H23NO3S. The number of hydrogen-bond acceptors (Lipinski definition) is 3. The van der Waals surface area contributed by atoms with Crippen LogP contribution in [0.4, 0.5) is 0 Å². The first-order valence-corrected chi connectivity index (χ1v) is 9.89. The van der Waals surface area contributed by atoms with Gasteiger partial charge in [-0.2, -0.15) is 4.31 Å². The minimum atomic E-state index is -3.29. The van der Waals surface area contributed by atoms with Crippen molar-refractivity contribution in [3.8, 4) is 5.75 Å². The zero-order valence-electron chi connectivity index (χ0n) is 14.1. The van der Waals surface area contributed by atoms with Gasteiger partial charge in [0.05, 0.1) is 18.9 Å². The molecular weight excluding hydrogens is 322 g/mol. The Bertz CT molecular complexity index is 803. The van der Waals surface area contributed by atoms with Gasteiger partial charge in [0.25, 0.3) is 0 Å². The normalized spacial score (nSPS) is 18.2. The molecule has 0 bridgehead atoms. The third kappa shape index (κ3) is 3.19. The van der Waals surface area contributed by atoms with Crippen molar-refractivity contribution in [2.24, 2.45) is 0 Å². The average Bonchev–Trinajstić information content (AvgIpc) is 2.60. The van der Waals surface area contributed by atoms with Crippen molar-refractivity contribution >= 4 is 10.0 Å². The van der Waals surface area contributed by atoms with Crippen LogP contribution in [0.3, 0.4) is 0 Å². The smallest absolute Gasteiger partial charge is 0.214 e. The van der Waals surface area contributed by atoms with Crippen LogP contribution in [0.2, 0.25) is 0 Å². The van der Waals surface area contributed by atoms with Crippen molar-refractivity contribution in [1.29, 1.82) is 0 Å². The maximum atomic E-state index is 12.8. The van der Waals surface area contributed by atoms with Crippen molar-refractivity contribution in [2.45, 2.75) is 25.8 Å². The first-order chi connectivity index (χ1) is 11.6. The molecule has 4 nitrogen and oxygen atoms in total. The van der Waals surface area contributed by atoms with E-state index in [1.54, 1.807) is 11.4 Å². The summed E-state index contributed by atoms with van der Waals surface area (Å²) in [4.78, 5) is 0. The Morgan fingerprint density at radius 3 is 2.58 bits per heavy atom. The molecule has 1 atom stereocenters. The van der Waals surface area contributed by atoms with Gasteiger partial charge < -0.3 is 4.74 Å². The zero-order valence-corrected chi connectivity index (χ0v) is 14.9. The number of nitrogens with zero attached hydrogens (tertiary/aromatic N) is 1.